The zero-order valence-electron chi connectivity index (χ0n) is 20.8. The molecule has 0 saturated carbocycles. The number of hydrogen-bond donors (Lipinski definition) is 0. The average molecular weight is 467 g/mol. The third-order valence-corrected chi connectivity index (χ3v) is 6.25. The van der Waals surface area contributed by atoms with Crippen LogP contribution >= 0.6 is 0 Å². The second-order valence-electron chi connectivity index (χ2n) is 8.97. The molecule has 0 unspecified atom stereocenters. The van der Waals surface area contributed by atoms with Gasteiger partial charge in [-0.1, -0.05) is 97.1 Å². The predicted octanol–water partition coefficient (Wildman–Crippen LogP) is 8.81. The summed E-state index contributed by atoms with van der Waals surface area (Å²) in [6, 6.07) is 49.1. The van der Waals surface area contributed by atoms with Crippen molar-refractivity contribution in [1.82, 2.24) is 0 Å². The van der Waals surface area contributed by atoms with Gasteiger partial charge in [-0.25, -0.2) is 0 Å². The van der Waals surface area contributed by atoms with Crippen molar-refractivity contribution in [1.29, 1.82) is 0 Å². The molecule has 0 aromatic heterocycles. The van der Waals surface area contributed by atoms with Gasteiger partial charge in [-0.3, -0.25) is 0 Å². The second kappa shape index (κ2) is 10.8. The van der Waals surface area contributed by atoms with Crippen molar-refractivity contribution in [2.24, 2.45) is 0 Å². The van der Waals surface area contributed by atoms with Crippen molar-refractivity contribution < 1.29 is 0 Å². The topological polar surface area (TPSA) is 6.48 Å². The lowest BCUT2D eigenvalue weighted by molar-refractivity contribution is 1.13. The highest BCUT2D eigenvalue weighted by atomic mass is 15.1. The van der Waals surface area contributed by atoms with E-state index in [9.17, 15) is 0 Å². The van der Waals surface area contributed by atoms with Crippen LogP contribution in [-0.2, 0) is 0 Å². The summed E-state index contributed by atoms with van der Waals surface area (Å²) in [5, 5.41) is 0. The normalized spacial score (nSPS) is 10.5. The van der Waals surface area contributed by atoms with Crippen LogP contribution in [0.4, 0.5) is 22.7 Å². The van der Waals surface area contributed by atoms with Crippen molar-refractivity contribution in [3.8, 4) is 0 Å². The summed E-state index contributed by atoms with van der Waals surface area (Å²) in [7, 11) is 4.15. The molecule has 0 fully saturated rings. The maximum absolute atomic E-state index is 2.30. The van der Waals surface area contributed by atoms with Crippen LogP contribution in [-0.4, -0.2) is 14.1 Å². The minimum atomic E-state index is 1.12. The molecular formula is C34H30N2. The summed E-state index contributed by atoms with van der Waals surface area (Å²) in [5.41, 5.74) is 9.34. The van der Waals surface area contributed by atoms with Crippen LogP contribution in [0, 0.1) is 0 Å². The Morgan fingerprint density at radius 2 is 0.944 bits per heavy atom. The van der Waals surface area contributed by atoms with Crippen LogP contribution in [0.15, 0.2) is 140 Å². The standard InChI is InChI=1S/C34H30N2/c1-35(2)32-19-12-20-33(26-32)36(30-17-10-5-11-18-30)31-23-21-27(22-24-31)25-34(28-13-6-3-7-14-28)29-15-8-4-9-16-29/h3-26H,1-2H3. The van der Waals surface area contributed by atoms with E-state index in [1.807, 2.05) is 0 Å². The number of nitrogens with zero attached hydrogens (tertiary/aromatic N) is 2. The molecule has 176 valence electrons. The second-order valence-corrected chi connectivity index (χ2v) is 8.97. The third-order valence-electron chi connectivity index (χ3n) is 6.25. The molecule has 5 aromatic carbocycles. The molecular weight excluding hydrogens is 436 g/mol. The highest BCUT2D eigenvalue weighted by molar-refractivity contribution is 5.91. The molecule has 0 saturated heterocycles. The van der Waals surface area contributed by atoms with Crippen LogP contribution in [0.5, 0.6) is 0 Å². The SMILES string of the molecule is CN(C)c1cccc(N(c2ccccc2)c2ccc(C=C(c3ccccc3)c3ccccc3)cc2)c1. The molecule has 0 heterocycles. The molecule has 2 heteroatoms. The van der Waals surface area contributed by atoms with Gasteiger partial charge in [-0.15, -0.1) is 0 Å². The molecule has 0 radical (unpaired) electrons. The molecule has 0 amide bonds. The van der Waals surface area contributed by atoms with Gasteiger partial charge in [0.05, 0.1) is 0 Å². The molecule has 0 N–H and O–H groups in total. The fourth-order valence-corrected chi connectivity index (χ4v) is 4.39. The quantitative estimate of drug-likeness (QED) is 0.221. The molecule has 0 aliphatic heterocycles. The summed E-state index contributed by atoms with van der Waals surface area (Å²) in [6.45, 7) is 0. The maximum Gasteiger partial charge on any atom is 0.0482 e. The highest BCUT2D eigenvalue weighted by Gasteiger charge is 2.13. The molecule has 5 aromatic rings. The Morgan fingerprint density at radius 3 is 1.50 bits per heavy atom. The van der Waals surface area contributed by atoms with Gasteiger partial charge in [0.25, 0.3) is 0 Å². The number of benzene rings is 5. The Morgan fingerprint density at radius 1 is 0.472 bits per heavy atom. The van der Waals surface area contributed by atoms with E-state index in [-0.39, 0.29) is 0 Å². The van der Waals surface area contributed by atoms with Crippen LogP contribution < -0.4 is 9.80 Å². The van der Waals surface area contributed by atoms with Gasteiger partial charge in [0.2, 0.25) is 0 Å². The lowest BCUT2D eigenvalue weighted by Gasteiger charge is -2.26. The van der Waals surface area contributed by atoms with Crippen molar-refractivity contribution in [3.63, 3.8) is 0 Å². The largest absolute Gasteiger partial charge is 0.378 e. The van der Waals surface area contributed by atoms with E-state index >= 15 is 0 Å². The molecule has 0 aliphatic carbocycles. The summed E-state index contributed by atoms with van der Waals surface area (Å²) in [5.74, 6) is 0. The van der Waals surface area contributed by atoms with Crippen LogP contribution in [0.3, 0.4) is 0 Å². The van der Waals surface area contributed by atoms with E-state index in [0.717, 1.165) is 22.6 Å². The van der Waals surface area contributed by atoms with Crippen molar-refractivity contribution in [2.45, 2.75) is 0 Å². The summed E-state index contributed by atoms with van der Waals surface area (Å²) >= 11 is 0. The van der Waals surface area contributed by atoms with Crippen molar-refractivity contribution in [3.05, 3.63) is 156 Å². The predicted molar refractivity (Wildman–Crippen MR) is 155 cm³/mol. The molecule has 5 rings (SSSR count). The monoisotopic (exact) mass is 466 g/mol. The highest BCUT2D eigenvalue weighted by Crippen LogP contribution is 2.36. The smallest absolute Gasteiger partial charge is 0.0482 e. The van der Waals surface area contributed by atoms with Gasteiger partial charge in [0.15, 0.2) is 0 Å². The van der Waals surface area contributed by atoms with Gasteiger partial charge in [-0.2, -0.15) is 0 Å². The van der Waals surface area contributed by atoms with Crippen molar-refractivity contribution in [2.75, 3.05) is 23.9 Å². The summed E-state index contributed by atoms with van der Waals surface area (Å²) in [6.07, 6.45) is 2.27. The van der Waals surface area contributed by atoms with Gasteiger partial charge in [-0.05, 0) is 70.8 Å². The van der Waals surface area contributed by atoms with E-state index in [1.54, 1.807) is 0 Å². The molecule has 36 heavy (non-hydrogen) atoms. The van der Waals surface area contributed by atoms with E-state index in [4.69, 9.17) is 0 Å². The molecule has 2 nitrogen and oxygen atoms in total. The lowest BCUT2D eigenvalue weighted by Crippen LogP contribution is -2.12. The first-order valence-electron chi connectivity index (χ1n) is 12.2. The van der Waals surface area contributed by atoms with Crippen molar-refractivity contribution >= 4 is 34.4 Å². The zero-order valence-corrected chi connectivity index (χ0v) is 20.8. The zero-order chi connectivity index (χ0) is 24.7. The van der Waals surface area contributed by atoms with E-state index < -0.39 is 0 Å². The van der Waals surface area contributed by atoms with E-state index in [1.165, 1.54) is 22.4 Å². The third kappa shape index (κ3) is 5.24. The summed E-state index contributed by atoms with van der Waals surface area (Å²) < 4.78 is 0. The Kier molecular flexibility index (Phi) is 6.95. The molecule has 0 spiro atoms. The number of anilines is 4. The summed E-state index contributed by atoms with van der Waals surface area (Å²) in [4.78, 5) is 4.44. The lowest BCUT2D eigenvalue weighted by atomic mass is 9.95. The van der Waals surface area contributed by atoms with Crippen LogP contribution in [0.25, 0.3) is 11.6 Å². The van der Waals surface area contributed by atoms with Gasteiger partial charge in [0.1, 0.15) is 0 Å². The Bertz CT molecular complexity index is 1380. The van der Waals surface area contributed by atoms with Crippen LogP contribution in [0.2, 0.25) is 0 Å². The Hall–Kier alpha value is -4.56. The Labute approximate surface area is 214 Å². The van der Waals surface area contributed by atoms with E-state index in [0.29, 0.717) is 0 Å². The average Bonchev–Trinajstić information content (AvgIpc) is 2.94. The number of hydrogen-bond acceptors (Lipinski definition) is 2. The van der Waals surface area contributed by atoms with Gasteiger partial charge >= 0.3 is 0 Å². The number of rotatable bonds is 7. The maximum atomic E-state index is 2.30. The fourth-order valence-electron chi connectivity index (χ4n) is 4.39. The molecule has 0 bridgehead atoms. The minimum absolute atomic E-state index is 1.12. The first-order valence-corrected chi connectivity index (χ1v) is 12.2. The fraction of sp³-hybridized carbons (Fsp3) is 0.0588. The first-order chi connectivity index (χ1) is 17.7. The minimum Gasteiger partial charge on any atom is -0.378 e. The molecule has 0 atom stereocenters. The van der Waals surface area contributed by atoms with Crippen LogP contribution in [0.1, 0.15) is 16.7 Å². The Balaban J connectivity index is 1.55. The van der Waals surface area contributed by atoms with Gasteiger partial charge < -0.3 is 9.80 Å². The van der Waals surface area contributed by atoms with Gasteiger partial charge in [0, 0.05) is 36.8 Å². The number of para-hydroxylation sites is 1. The first kappa shape index (κ1) is 23.2. The molecule has 0 aliphatic rings. The van der Waals surface area contributed by atoms with E-state index in [2.05, 4.69) is 169 Å².